The zero-order valence-electron chi connectivity index (χ0n) is 26.7. The molecule has 3 N–H and O–H groups in total. The van der Waals surface area contributed by atoms with Crippen LogP contribution in [0.4, 0.5) is 5.69 Å². The van der Waals surface area contributed by atoms with E-state index in [9.17, 15) is 14.4 Å². The Balaban J connectivity index is 1.68. The van der Waals surface area contributed by atoms with Crippen LogP contribution in [0.15, 0.2) is 29.1 Å². The number of amides is 2. The molecule has 11 heteroatoms. The summed E-state index contributed by atoms with van der Waals surface area (Å²) in [6.07, 6.45) is 2.00. The monoisotopic (exact) mass is 610 g/mol. The summed E-state index contributed by atoms with van der Waals surface area (Å²) >= 11 is 0. The summed E-state index contributed by atoms with van der Waals surface area (Å²) < 4.78 is 22.5. The third-order valence-electron chi connectivity index (χ3n) is 8.23. The lowest BCUT2D eigenvalue weighted by Gasteiger charge is -2.27. The molecule has 0 aromatic heterocycles. The minimum Gasteiger partial charge on any atom is -0.493 e. The molecular weight excluding hydrogens is 564 g/mol. The van der Waals surface area contributed by atoms with E-state index in [-0.39, 0.29) is 23.2 Å². The van der Waals surface area contributed by atoms with E-state index >= 15 is 0 Å². The van der Waals surface area contributed by atoms with Gasteiger partial charge in [0, 0.05) is 32.1 Å². The molecule has 2 aromatic rings. The first kappa shape index (κ1) is 33.1. The number of anilines is 1. The molecule has 0 radical (unpaired) electrons. The van der Waals surface area contributed by atoms with Crippen molar-refractivity contribution in [3.63, 3.8) is 0 Å². The average Bonchev–Trinajstić information content (AvgIpc) is 3.25. The largest absolute Gasteiger partial charge is 0.493 e. The Hall–Kier alpha value is -3.83. The van der Waals surface area contributed by atoms with Crippen LogP contribution in [0.5, 0.6) is 17.2 Å². The molecule has 1 saturated heterocycles. The second-order valence-electron chi connectivity index (χ2n) is 11.6. The van der Waals surface area contributed by atoms with Crippen molar-refractivity contribution < 1.29 is 28.5 Å². The predicted molar refractivity (Wildman–Crippen MR) is 170 cm³/mol. The lowest BCUT2D eigenvalue weighted by molar-refractivity contribution is -0.122. The van der Waals surface area contributed by atoms with Gasteiger partial charge in [0.2, 0.25) is 23.0 Å². The van der Waals surface area contributed by atoms with Gasteiger partial charge in [0.25, 0.3) is 0 Å². The van der Waals surface area contributed by atoms with Crippen molar-refractivity contribution in [1.29, 1.82) is 0 Å². The van der Waals surface area contributed by atoms with Crippen LogP contribution < -0.4 is 35.6 Å². The SMILES string of the molecule is COc1cc2c(c(OC)c1OC)-c1ccc(N[C@H](C(=O)NCCCN3CCOCC3)C(C)C)c(=O)cc1[C@@H](NC(C)=O)CC2. The van der Waals surface area contributed by atoms with Crippen LogP contribution in [0.3, 0.4) is 0 Å². The highest BCUT2D eigenvalue weighted by molar-refractivity contribution is 5.86. The molecule has 1 aliphatic carbocycles. The number of hydrogen-bond donors (Lipinski definition) is 3. The van der Waals surface area contributed by atoms with E-state index in [1.54, 1.807) is 33.5 Å². The molecule has 2 aliphatic rings. The Morgan fingerprint density at radius 3 is 2.41 bits per heavy atom. The lowest BCUT2D eigenvalue weighted by Crippen LogP contribution is -2.44. The fourth-order valence-electron chi connectivity index (χ4n) is 5.98. The van der Waals surface area contributed by atoms with Crippen molar-refractivity contribution >= 4 is 17.5 Å². The normalized spacial score (nSPS) is 17.0. The quantitative estimate of drug-likeness (QED) is 0.311. The van der Waals surface area contributed by atoms with E-state index in [4.69, 9.17) is 18.9 Å². The van der Waals surface area contributed by atoms with Crippen molar-refractivity contribution in [1.82, 2.24) is 15.5 Å². The summed E-state index contributed by atoms with van der Waals surface area (Å²) in [6, 6.07) is 5.99. The number of benzene rings is 1. The molecule has 0 bridgehead atoms. The number of aryl methyl sites for hydroxylation is 1. The van der Waals surface area contributed by atoms with Gasteiger partial charge in [0.1, 0.15) is 6.04 Å². The summed E-state index contributed by atoms with van der Waals surface area (Å²) in [4.78, 5) is 41.6. The van der Waals surface area contributed by atoms with Crippen LogP contribution >= 0.6 is 0 Å². The van der Waals surface area contributed by atoms with Gasteiger partial charge in [-0.1, -0.05) is 19.9 Å². The van der Waals surface area contributed by atoms with Crippen LogP contribution in [0, 0.1) is 5.92 Å². The molecule has 2 atom stereocenters. The third kappa shape index (κ3) is 7.62. The average molecular weight is 611 g/mol. The van der Waals surface area contributed by atoms with Crippen LogP contribution in [0.1, 0.15) is 50.8 Å². The zero-order chi connectivity index (χ0) is 31.8. The maximum absolute atomic E-state index is 13.7. The van der Waals surface area contributed by atoms with Crippen LogP contribution in [-0.2, 0) is 20.7 Å². The second-order valence-corrected chi connectivity index (χ2v) is 11.6. The number of morpholine rings is 1. The maximum Gasteiger partial charge on any atom is 0.242 e. The van der Waals surface area contributed by atoms with Crippen LogP contribution in [0.2, 0.25) is 0 Å². The Labute approximate surface area is 259 Å². The van der Waals surface area contributed by atoms with Crippen molar-refractivity contribution in [2.75, 3.05) is 66.0 Å². The Morgan fingerprint density at radius 1 is 1.05 bits per heavy atom. The maximum atomic E-state index is 13.7. The number of rotatable bonds is 12. The molecule has 44 heavy (non-hydrogen) atoms. The number of methoxy groups -OCH3 is 3. The highest BCUT2D eigenvalue weighted by Crippen LogP contribution is 2.50. The lowest BCUT2D eigenvalue weighted by atomic mass is 9.95. The third-order valence-corrected chi connectivity index (χ3v) is 8.23. The fourth-order valence-corrected chi connectivity index (χ4v) is 5.98. The molecule has 1 heterocycles. The summed E-state index contributed by atoms with van der Waals surface area (Å²) in [5.74, 6) is 1.02. The van der Waals surface area contributed by atoms with Gasteiger partial charge in [-0.15, -0.1) is 0 Å². The van der Waals surface area contributed by atoms with E-state index in [0.717, 1.165) is 56.0 Å². The number of carbonyl (C=O) groups is 2. The highest BCUT2D eigenvalue weighted by atomic mass is 16.5. The molecule has 0 saturated carbocycles. The van der Waals surface area contributed by atoms with Gasteiger partial charge in [0.15, 0.2) is 11.5 Å². The van der Waals surface area contributed by atoms with Crippen molar-refractivity contribution in [2.45, 2.75) is 52.1 Å². The van der Waals surface area contributed by atoms with E-state index < -0.39 is 12.1 Å². The molecule has 1 fully saturated rings. The Morgan fingerprint density at radius 2 is 1.77 bits per heavy atom. The summed E-state index contributed by atoms with van der Waals surface area (Å²) in [5, 5.41) is 9.29. The zero-order valence-corrected chi connectivity index (χ0v) is 26.7. The molecular formula is C33H46N4O7. The Kier molecular flexibility index (Phi) is 11.5. The number of carbonyl (C=O) groups excluding carboxylic acids is 2. The molecule has 2 amide bonds. The van der Waals surface area contributed by atoms with Gasteiger partial charge in [-0.05, 0) is 66.6 Å². The number of nitrogens with one attached hydrogen (secondary N) is 3. The molecule has 0 spiro atoms. The molecule has 2 aromatic carbocycles. The first-order valence-electron chi connectivity index (χ1n) is 15.3. The molecule has 1 aliphatic heterocycles. The van der Waals surface area contributed by atoms with Gasteiger partial charge in [-0.25, -0.2) is 0 Å². The number of nitrogens with zero attached hydrogens (tertiary/aromatic N) is 1. The van der Waals surface area contributed by atoms with Crippen molar-refractivity contribution in [3.8, 4) is 28.4 Å². The first-order chi connectivity index (χ1) is 21.2. The summed E-state index contributed by atoms with van der Waals surface area (Å²) in [5.41, 5.74) is 3.12. The smallest absolute Gasteiger partial charge is 0.242 e. The van der Waals surface area contributed by atoms with E-state index in [1.807, 2.05) is 26.0 Å². The van der Waals surface area contributed by atoms with Gasteiger partial charge in [-0.3, -0.25) is 19.3 Å². The Bertz CT molecular complexity index is 1390. The number of hydrogen-bond acceptors (Lipinski definition) is 9. The standard InChI is InChI=1S/C33H46N4O7/c1-20(2)30(33(40)34-12-7-13-37-14-16-44-17-15-37)36-26-11-9-23-24(19-27(26)39)25(35-21(3)38)10-8-22-18-28(41-4)31(42-5)32(43-6)29(22)23/h9,11,18-20,25,30H,7-8,10,12-17H2,1-6H3,(H,34,40)(H,35,38)(H,36,39)/t25-,30-/m0/s1. The topological polar surface area (TPSA) is 127 Å². The van der Waals surface area contributed by atoms with E-state index in [2.05, 4.69) is 20.9 Å². The molecule has 4 rings (SSSR count). The minimum absolute atomic E-state index is 0.0818. The van der Waals surface area contributed by atoms with E-state index in [0.29, 0.717) is 47.9 Å². The van der Waals surface area contributed by atoms with Crippen molar-refractivity contribution in [3.05, 3.63) is 45.6 Å². The summed E-state index contributed by atoms with van der Waals surface area (Å²) in [7, 11) is 4.68. The van der Waals surface area contributed by atoms with Crippen molar-refractivity contribution in [2.24, 2.45) is 5.92 Å². The predicted octanol–water partition coefficient (Wildman–Crippen LogP) is 3.14. The fraction of sp³-hybridized carbons (Fsp3) is 0.545. The van der Waals surface area contributed by atoms with Gasteiger partial charge >= 0.3 is 0 Å². The van der Waals surface area contributed by atoms with Gasteiger partial charge in [0.05, 0.1) is 46.3 Å². The summed E-state index contributed by atoms with van der Waals surface area (Å²) in [6.45, 7) is 10.1. The number of ether oxygens (including phenoxy) is 4. The van der Waals surface area contributed by atoms with Crippen LogP contribution in [0.25, 0.3) is 11.1 Å². The van der Waals surface area contributed by atoms with Gasteiger partial charge in [-0.2, -0.15) is 0 Å². The highest BCUT2D eigenvalue weighted by Gasteiger charge is 2.30. The first-order valence-corrected chi connectivity index (χ1v) is 15.3. The van der Waals surface area contributed by atoms with E-state index in [1.165, 1.54) is 6.92 Å². The van der Waals surface area contributed by atoms with Crippen LogP contribution in [-0.4, -0.2) is 83.5 Å². The molecule has 240 valence electrons. The second kappa shape index (κ2) is 15.3. The van der Waals surface area contributed by atoms with Gasteiger partial charge < -0.3 is 34.9 Å². The molecule has 0 unspecified atom stereocenters. The minimum atomic E-state index is -0.620. The number of fused-ring (bicyclic) bond motifs is 3. The molecule has 11 nitrogen and oxygen atoms in total.